The van der Waals surface area contributed by atoms with Crippen LogP contribution in [-0.4, -0.2) is 35.2 Å². The lowest BCUT2D eigenvalue weighted by molar-refractivity contribution is -0.139. The Hall–Kier alpha value is -1.79. The van der Waals surface area contributed by atoms with Gasteiger partial charge in [0.05, 0.1) is 6.10 Å². The number of hydrogen-bond donors (Lipinski definition) is 3. The average molecular weight is 232 g/mol. The highest BCUT2D eigenvalue weighted by atomic mass is 16.6. The molecule has 7 heteroatoms. The van der Waals surface area contributed by atoms with Gasteiger partial charge in [-0.15, -0.1) is 0 Å². The number of hydrogen-bond acceptors (Lipinski definition) is 4. The van der Waals surface area contributed by atoms with Crippen LogP contribution in [0.2, 0.25) is 0 Å². The van der Waals surface area contributed by atoms with Crippen molar-refractivity contribution in [1.29, 1.82) is 0 Å². The first-order valence-corrected chi connectivity index (χ1v) is 4.81. The Balaban J connectivity index is 4.17. The summed E-state index contributed by atoms with van der Waals surface area (Å²) in [5.74, 6) is -1.85. The number of nitrogens with one attached hydrogen (secondary N) is 1. The molecular formula is C9H16N2O5. The summed E-state index contributed by atoms with van der Waals surface area (Å²) in [7, 11) is 0. The van der Waals surface area contributed by atoms with Crippen molar-refractivity contribution in [2.45, 2.75) is 38.8 Å². The lowest BCUT2D eigenvalue weighted by Gasteiger charge is -2.15. The second-order valence-corrected chi connectivity index (χ2v) is 3.49. The summed E-state index contributed by atoms with van der Waals surface area (Å²) in [6.07, 6.45) is -1.34. The van der Waals surface area contributed by atoms with Crippen molar-refractivity contribution < 1.29 is 24.2 Å². The molecule has 4 N–H and O–H groups in total. The van der Waals surface area contributed by atoms with Gasteiger partial charge in [-0.3, -0.25) is 4.79 Å². The molecule has 0 aliphatic rings. The lowest BCUT2D eigenvalue weighted by Crippen LogP contribution is -2.42. The third kappa shape index (κ3) is 6.63. The van der Waals surface area contributed by atoms with Crippen molar-refractivity contribution in [3.63, 3.8) is 0 Å². The molecule has 0 spiro atoms. The SMILES string of the molecule is CC(C)OC(=O)NC(CCC(N)=O)C(=O)O. The van der Waals surface area contributed by atoms with Crippen LogP contribution in [0.4, 0.5) is 4.79 Å². The Labute approximate surface area is 92.9 Å². The van der Waals surface area contributed by atoms with Crippen molar-refractivity contribution in [2.24, 2.45) is 5.73 Å². The maximum absolute atomic E-state index is 11.1. The molecule has 0 bridgehead atoms. The van der Waals surface area contributed by atoms with Gasteiger partial charge in [0.25, 0.3) is 0 Å². The highest BCUT2D eigenvalue weighted by molar-refractivity contribution is 5.81. The van der Waals surface area contributed by atoms with E-state index in [1.165, 1.54) is 0 Å². The van der Waals surface area contributed by atoms with Crippen LogP contribution >= 0.6 is 0 Å². The first kappa shape index (κ1) is 14.2. The fourth-order valence-electron chi connectivity index (χ4n) is 0.934. The monoisotopic (exact) mass is 232 g/mol. The molecule has 92 valence electrons. The van der Waals surface area contributed by atoms with E-state index < -0.39 is 24.0 Å². The number of alkyl carbamates (subject to hydrolysis) is 1. The van der Waals surface area contributed by atoms with E-state index in [1.54, 1.807) is 13.8 Å². The Bertz CT molecular complexity index is 277. The first-order valence-electron chi connectivity index (χ1n) is 4.81. The molecule has 0 aliphatic carbocycles. The van der Waals surface area contributed by atoms with E-state index in [9.17, 15) is 14.4 Å². The summed E-state index contributed by atoms with van der Waals surface area (Å²) in [6.45, 7) is 3.28. The fourth-order valence-corrected chi connectivity index (χ4v) is 0.934. The van der Waals surface area contributed by atoms with Gasteiger partial charge < -0.3 is 20.9 Å². The molecule has 16 heavy (non-hydrogen) atoms. The molecule has 0 radical (unpaired) electrons. The fraction of sp³-hybridized carbons (Fsp3) is 0.667. The summed E-state index contributed by atoms with van der Waals surface area (Å²) >= 11 is 0. The van der Waals surface area contributed by atoms with E-state index in [-0.39, 0.29) is 18.9 Å². The maximum Gasteiger partial charge on any atom is 0.408 e. The quantitative estimate of drug-likeness (QED) is 0.588. The van der Waals surface area contributed by atoms with Crippen LogP contribution in [0, 0.1) is 0 Å². The summed E-state index contributed by atoms with van der Waals surface area (Å²) < 4.78 is 4.71. The number of carboxylic acids is 1. The average Bonchev–Trinajstić information content (AvgIpc) is 2.09. The van der Waals surface area contributed by atoms with Gasteiger partial charge in [-0.05, 0) is 20.3 Å². The first-order chi connectivity index (χ1) is 7.32. The van der Waals surface area contributed by atoms with Gasteiger partial charge in [0, 0.05) is 6.42 Å². The Kier molecular flexibility index (Phi) is 5.91. The molecule has 0 saturated carbocycles. The third-order valence-corrected chi connectivity index (χ3v) is 1.61. The standard InChI is InChI=1S/C9H16N2O5/c1-5(2)16-9(15)11-6(8(13)14)3-4-7(10)12/h5-6H,3-4H2,1-2H3,(H2,10,12)(H,11,15)(H,13,14). The van der Waals surface area contributed by atoms with E-state index in [2.05, 4.69) is 5.32 Å². The van der Waals surface area contributed by atoms with E-state index in [4.69, 9.17) is 15.6 Å². The van der Waals surface area contributed by atoms with Crippen molar-refractivity contribution in [2.75, 3.05) is 0 Å². The molecule has 1 atom stereocenters. The second kappa shape index (κ2) is 6.65. The smallest absolute Gasteiger partial charge is 0.408 e. The van der Waals surface area contributed by atoms with E-state index in [0.717, 1.165) is 0 Å². The molecule has 0 aromatic heterocycles. The summed E-state index contributed by atoms with van der Waals surface area (Å²) in [6, 6.07) is -1.17. The number of carboxylic acid groups (broad SMARTS) is 1. The minimum Gasteiger partial charge on any atom is -0.480 e. The molecule has 0 rings (SSSR count). The molecule has 0 aromatic carbocycles. The Morgan fingerprint density at radius 2 is 1.94 bits per heavy atom. The zero-order valence-electron chi connectivity index (χ0n) is 9.23. The van der Waals surface area contributed by atoms with E-state index in [1.807, 2.05) is 0 Å². The summed E-state index contributed by atoms with van der Waals surface area (Å²) in [4.78, 5) is 32.3. The largest absolute Gasteiger partial charge is 0.480 e. The van der Waals surface area contributed by atoms with Crippen molar-refractivity contribution >= 4 is 18.0 Å². The Morgan fingerprint density at radius 1 is 1.38 bits per heavy atom. The third-order valence-electron chi connectivity index (χ3n) is 1.61. The van der Waals surface area contributed by atoms with Crippen molar-refractivity contribution in [3.05, 3.63) is 0 Å². The second-order valence-electron chi connectivity index (χ2n) is 3.49. The summed E-state index contributed by atoms with van der Waals surface area (Å²) in [5.41, 5.74) is 4.88. The number of carbonyl (C=O) groups is 3. The normalized spacial score (nSPS) is 11.9. The minimum atomic E-state index is -1.23. The predicted octanol–water partition coefficient (Wildman–Crippen LogP) is -0.160. The van der Waals surface area contributed by atoms with Crippen LogP contribution in [0.3, 0.4) is 0 Å². The number of aliphatic carboxylic acids is 1. The number of nitrogens with two attached hydrogens (primary N) is 1. The maximum atomic E-state index is 11.1. The summed E-state index contributed by atoms with van der Waals surface area (Å²) in [5, 5.41) is 10.9. The minimum absolute atomic E-state index is 0.0577. The van der Waals surface area contributed by atoms with Crippen LogP contribution in [-0.2, 0) is 14.3 Å². The number of ether oxygens (including phenoxy) is 1. The molecule has 0 fully saturated rings. The zero-order chi connectivity index (χ0) is 12.7. The van der Waals surface area contributed by atoms with Crippen LogP contribution in [0.5, 0.6) is 0 Å². The van der Waals surface area contributed by atoms with E-state index in [0.29, 0.717) is 0 Å². The number of rotatable bonds is 6. The Morgan fingerprint density at radius 3 is 2.31 bits per heavy atom. The molecule has 0 heterocycles. The highest BCUT2D eigenvalue weighted by Gasteiger charge is 2.21. The number of amides is 2. The molecule has 2 amide bonds. The zero-order valence-corrected chi connectivity index (χ0v) is 9.23. The van der Waals surface area contributed by atoms with Gasteiger partial charge in [-0.25, -0.2) is 9.59 Å². The predicted molar refractivity (Wildman–Crippen MR) is 54.6 cm³/mol. The van der Waals surface area contributed by atoms with Gasteiger partial charge in [-0.2, -0.15) is 0 Å². The molecule has 7 nitrogen and oxygen atoms in total. The topological polar surface area (TPSA) is 119 Å². The van der Waals surface area contributed by atoms with Gasteiger partial charge in [0.2, 0.25) is 5.91 Å². The molecule has 0 aliphatic heterocycles. The molecule has 0 saturated heterocycles. The van der Waals surface area contributed by atoms with Crippen LogP contribution in [0.1, 0.15) is 26.7 Å². The van der Waals surface area contributed by atoms with Gasteiger partial charge in [0.1, 0.15) is 6.04 Å². The van der Waals surface area contributed by atoms with Gasteiger partial charge in [-0.1, -0.05) is 0 Å². The van der Waals surface area contributed by atoms with Crippen LogP contribution < -0.4 is 11.1 Å². The van der Waals surface area contributed by atoms with E-state index >= 15 is 0 Å². The molecular weight excluding hydrogens is 216 g/mol. The van der Waals surface area contributed by atoms with Crippen LogP contribution in [0.25, 0.3) is 0 Å². The molecule has 1 unspecified atom stereocenters. The number of carbonyl (C=O) groups excluding carboxylic acids is 2. The number of primary amides is 1. The van der Waals surface area contributed by atoms with Gasteiger partial charge >= 0.3 is 12.1 Å². The van der Waals surface area contributed by atoms with Crippen molar-refractivity contribution in [3.8, 4) is 0 Å². The van der Waals surface area contributed by atoms with Crippen LogP contribution in [0.15, 0.2) is 0 Å². The lowest BCUT2D eigenvalue weighted by atomic mass is 10.1. The highest BCUT2D eigenvalue weighted by Crippen LogP contribution is 1.99. The van der Waals surface area contributed by atoms with Gasteiger partial charge in [0.15, 0.2) is 0 Å². The van der Waals surface area contributed by atoms with Crippen molar-refractivity contribution in [1.82, 2.24) is 5.32 Å². The molecule has 0 aromatic rings.